The number of likely N-dealkylation sites (tertiary alicyclic amines) is 2. The summed E-state index contributed by atoms with van der Waals surface area (Å²) in [6.07, 6.45) is 5.78. The highest BCUT2D eigenvalue weighted by molar-refractivity contribution is 14.1. The Morgan fingerprint density at radius 2 is 1.12 bits per heavy atom. The van der Waals surface area contributed by atoms with Crippen LogP contribution in [0.25, 0.3) is 33.6 Å². The number of methoxy groups -OCH3 is 2. The number of aromatic nitrogens is 4. The van der Waals surface area contributed by atoms with Crippen molar-refractivity contribution in [2.24, 2.45) is 17.8 Å². The summed E-state index contributed by atoms with van der Waals surface area (Å²) < 4.78 is 9.54. The number of benzene rings is 2. The third-order valence-electron chi connectivity index (χ3n) is 11.3. The Bertz CT molecular complexity index is 1930. The molecule has 0 spiro atoms. The number of carbonyl (C=O) groups is 4. The Balaban J connectivity index is 1.02. The molecule has 3 aliphatic rings. The molecule has 15 heteroatoms. The van der Waals surface area contributed by atoms with Gasteiger partial charge in [-0.05, 0) is 65.7 Å². The first-order valence-electron chi connectivity index (χ1n) is 19.2. The molecular weight excluding hydrogens is 827 g/mol. The molecule has 4 aromatic rings. The molecule has 2 saturated heterocycles. The van der Waals surface area contributed by atoms with E-state index in [4.69, 9.17) is 19.4 Å². The van der Waals surface area contributed by atoms with Crippen LogP contribution in [-0.2, 0) is 19.1 Å². The van der Waals surface area contributed by atoms with Crippen LogP contribution in [0.1, 0.15) is 77.1 Å². The largest absolute Gasteiger partial charge is 0.453 e. The number of hydrogen-bond acceptors (Lipinski definition) is 8. The normalized spacial score (nSPS) is 22.5. The zero-order chi connectivity index (χ0) is 39.8. The number of carbonyl (C=O) groups excluding carboxylic acids is 4. The average Bonchev–Trinajstić information content (AvgIpc) is 3.68. The third-order valence-corrected chi connectivity index (χ3v) is 12.5. The molecule has 7 atom stereocenters. The summed E-state index contributed by atoms with van der Waals surface area (Å²) in [7, 11) is 2.59. The Morgan fingerprint density at radius 3 is 1.59 bits per heavy atom. The molecule has 4 heterocycles. The number of imidazole rings is 2. The zero-order valence-electron chi connectivity index (χ0n) is 32.4. The van der Waals surface area contributed by atoms with E-state index in [1.807, 2.05) is 43.7 Å². The summed E-state index contributed by atoms with van der Waals surface area (Å²) in [6.45, 7) is 7.64. The lowest BCUT2D eigenvalue weighted by Crippen LogP contribution is -2.52. The Labute approximate surface area is 340 Å². The summed E-state index contributed by atoms with van der Waals surface area (Å²) in [5, 5.41) is 5.44. The number of H-pyrrole nitrogens is 2. The van der Waals surface area contributed by atoms with Crippen molar-refractivity contribution in [3.05, 3.63) is 72.6 Å². The highest BCUT2D eigenvalue weighted by Gasteiger charge is 2.56. The van der Waals surface area contributed by atoms with Crippen LogP contribution in [0.15, 0.2) is 60.9 Å². The molecule has 56 heavy (non-hydrogen) atoms. The molecule has 0 bridgehead atoms. The van der Waals surface area contributed by atoms with Crippen molar-refractivity contribution < 1.29 is 28.7 Å². The van der Waals surface area contributed by atoms with Crippen LogP contribution in [0.5, 0.6) is 0 Å². The van der Waals surface area contributed by atoms with Crippen LogP contribution in [-0.4, -0.2) is 90.1 Å². The summed E-state index contributed by atoms with van der Waals surface area (Å²) in [5.41, 5.74) is 5.80. The van der Waals surface area contributed by atoms with Crippen molar-refractivity contribution in [2.45, 2.75) is 87.6 Å². The molecule has 14 nitrogen and oxygen atoms in total. The highest BCUT2D eigenvalue weighted by atomic mass is 127. The fourth-order valence-corrected chi connectivity index (χ4v) is 9.08. The number of rotatable bonds is 11. The van der Waals surface area contributed by atoms with Crippen LogP contribution >= 0.6 is 22.6 Å². The molecule has 1 aliphatic carbocycles. The molecule has 4 N–H and O–H groups in total. The van der Waals surface area contributed by atoms with Gasteiger partial charge in [-0.15, -0.1) is 0 Å². The number of aromatic amines is 2. The van der Waals surface area contributed by atoms with Crippen LogP contribution < -0.4 is 10.6 Å². The number of amides is 4. The monoisotopic (exact) mass is 876 g/mol. The highest BCUT2D eigenvalue weighted by Crippen LogP contribution is 2.53. The van der Waals surface area contributed by atoms with Gasteiger partial charge in [0, 0.05) is 6.04 Å². The maximum absolute atomic E-state index is 13.8. The first-order valence-corrected chi connectivity index (χ1v) is 20.4. The minimum Gasteiger partial charge on any atom is -0.453 e. The van der Waals surface area contributed by atoms with Crippen LogP contribution in [0.3, 0.4) is 0 Å². The van der Waals surface area contributed by atoms with Gasteiger partial charge in [-0.3, -0.25) is 9.59 Å². The van der Waals surface area contributed by atoms with Crippen molar-refractivity contribution in [1.82, 2.24) is 40.4 Å². The van der Waals surface area contributed by atoms with Gasteiger partial charge in [0.15, 0.2) is 0 Å². The van der Waals surface area contributed by atoms with Crippen LogP contribution in [0.4, 0.5) is 9.59 Å². The fourth-order valence-electron chi connectivity index (χ4n) is 8.06. The molecule has 2 aromatic carbocycles. The number of fused-ring (bicyclic) bond motifs is 1. The average molecular weight is 877 g/mol. The lowest BCUT2D eigenvalue weighted by Gasteiger charge is -2.32. The molecule has 2 aromatic heterocycles. The van der Waals surface area contributed by atoms with E-state index in [2.05, 4.69) is 91.7 Å². The quantitative estimate of drug-likeness (QED) is 0.0710. The van der Waals surface area contributed by atoms with E-state index in [1.54, 1.807) is 6.20 Å². The van der Waals surface area contributed by atoms with Crippen molar-refractivity contribution in [1.29, 1.82) is 0 Å². The fraction of sp³-hybridized carbons (Fsp3) is 0.463. The predicted molar refractivity (Wildman–Crippen MR) is 218 cm³/mol. The zero-order valence-corrected chi connectivity index (χ0v) is 34.6. The van der Waals surface area contributed by atoms with Gasteiger partial charge in [0.05, 0.1) is 54.1 Å². The van der Waals surface area contributed by atoms with Gasteiger partial charge in [-0.25, -0.2) is 19.6 Å². The summed E-state index contributed by atoms with van der Waals surface area (Å²) in [4.78, 5) is 71.7. The van der Waals surface area contributed by atoms with Gasteiger partial charge in [0.25, 0.3) is 0 Å². The molecule has 1 saturated carbocycles. The SMILES string of the molecule is COC(=O)N[C@H](C(=O)N1[C@H](I)CC[C@H]1c1ncc(-c2ccc(-c3ccc(-c4cnc([C@@H]5CC6C[C@H]6N5C(=O)[C@@H](NC(=O)OC)C(C)C)[nH]4)cc3)cc2)[nH]1)C(C)C. The van der Waals surface area contributed by atoms with E-state index in [0.717, 1.165) is 65.1 Å². The van der Waals surface area contributed by atoms with E-state index in [1.165, 1.54) is 14.2 Å². The molecule has 7 rings (SSSR count). The van der Waals surface area contributed by atoms with E-state index in [-0.39, 0.29) is 45.8 Å². The number of nitrogens with one attached hydrogen (secondary N) is 4. The van der Waals surface area contributed by atoms with E-state index in [9.17, 15) is 19.2 Å². The molecule has 4 amide bonds. The van der Waals surface area contributed by atoms with E-state index < -0.39 is 24.3 Å². The van der Waals surface area contributed by atoms with Crippen molar-refractivity contribution in [2.75, 3.05) is 14.2 Å². The first-order chi connectivity index (χ1) is 26.9. The van der Waals surface area contributed by atoms with Gasteiger partial charge in [0.1, 0.15) is 23.7 Å². The predicted octanol–water partition coefficient (Wildman–Crippen LogP) is 6.98. The van der Waals surface area contributed by atoms with Gasteiger partial charge in [-0.2, -0.15) is 0 Å². The summed E-state index contributed by atoms with van der Waals surface area (Å²) in [5.74, 6) is 1.44. The van der Waals surface area contributed by atoms with Crippen molar-refractivity contribution in [3.63, 3.8) is 0 Å². The lowest BCUT2D eigenvalue weighted by atomic mass is 10.0. The number of piperidine rings is 1. The third kappa shape index (κ3) is 7.86. The molecule has 0 radical (unpaired) electrons. The van der Waals surface area contributed by atoms with E-state index >= 15 is 0 Å². The molecule has 3 fully saturated rings. The van der Waals surface area contributed by atoms with Crippen LogP contribution in [0.2, 0.25) is 0 Å². The minimum absolute atomic E-state index is 0.0278. The maximum atomic E-state index is 13.8. The summed E-state index contributed by atoms with van der Waals surface area (Å²) >= 11 is 2.29. The number of halogens is 1. The minimum atomic E-state index is -0.708. The second-order valence-corrected chi connectivity index (χ2v) is 17.0. The maximum Gasteiger partial charge on any atom is 0.407 e. The van der Waals surface area contributed by atoms with Crippen molar-refractivity contribution in [3.8, 4) is 33.6 Å². The molecular formula is C41H49IN8O6. The number of hydrogen-bond donors (Lipinski definition) is 4. The second kappa shape index (κ2) is 16.3. The lowest BCUT2D eigenvalue weighted by molar-refractivity contribution is -0.137. The smallest absolute Gasteiger partial charge is 0.407 e. The van der Waals surface area contributed by atoms with Crippen LogP contribution in [0, 0.1) is 17.8 Å². The molecule has 2 aliphatic heterocycles. The second-order valence-electron chi connectivity index (χ2n) is 15.6. The number of alkyl carbamates (subject to hydrolysis) is 2. The number of nitrogens with zero attached hydrogens (tertiary/aromatic N) is 4. The topological polar surface area (TPSA) is 175 Å². The number of alkyl halides is 1. The Hall–Kier alpha value is -4.93. The Morgan fingerprint density at radius 1 is 0.679 bits per heavy atom. The van der Waals surface area contributed by atoms with Gasteiger partial charge < -0.3 is 39.9 Å². The summed E-state index contributed by atoms with van der Waals surface area (Å²) in [6, 6.07) is 14.9. The first kappa shape index (κ1) is 39.3. The Kier molecular flexibility index (Phi) is 11.4. The number of ether oxygens (including phenoxy) is 2. The van der Waals surface area contributed by atoms with Gasteiger partial charge >= 0.3 is 12.2 Å². The van der Waals surface area contributed by atoms with Crippen molar-refractivity contribution >= 4 is 46.6 Å². The standard InChI is InChI=1S/C41H49IN8O6/c1-21(2)34(47-40(53)55-5)38(51)49-31-17-27(31)18-32(49)37-44-20-29(46-37)26-13-9-24(10-14-26)23-7-11-25(12-8-23)28-19-43-36(45-28)30-15-16-33(42)50(30)39(52)35(22(3)4)48-41(54)56-6/h7-14,19-22,27,30-35H,15-18H2,1-6H3,(H,43,45)(H,44,46)(H,47,53)(H,48,54)/t27?,30-,31+,32-,33-,34-,35-/m0/s1. The molecule has 1 unspecified atom stereocenters. The molecule has 296 valence electrons. The van der Waals surface area contributed by atoms with Gasteiger partial charge in [0.2, 0.25) is 11.8 Å². The van der Waals surface area contributed by atoms with E-state index in [0.29, 0.717) is 11.7 Å². The van der Waals surface area contributed by atoms with Gasteiger partial charge in [-0.1, -0.05) is 98.8 Å².